The van der Waals surface area contributed by atoms with Crippen LogP contribution in [-0.2, 0) is 0 Å². The fraction of sp³-hybridized carbons (Fsp3) is 0.467. The van der Waals surface area contributed by atoms with Gasteiger partial charge in [-0.1, -0.05) is 89.0 Å². The van der Waals surface area contributed by atoms with Crippen LogP contribution in [0.5, 0.6) is 11.5 Å². The van der Waals surface area contributed by atoms with Crippen LogP contribution in [0.3, 0.4) is 0 Å². The standard InChI is InChI=1S/C60H86N7O2/c1-9-10-11-12-13-14-15-16-17-18-43-68-53-30-22-47(23-31-53)59-55-34-26-49(61-55)45-51-28-36-57(63-51)60(58-37-29-52(64-58)46-50-27-35-56(59)62-50)48-24-32-54(33-25-48)69-44-21-42-67(7,8)41-20-40-66(5,6)39-19-38-65(2,3)4/h22-37,45-46,61-64H,9-21,38-44H2,1-8H3/q+3. The molecule has 8 bridgehead atoms. The molecule has 0 fully saturated rings. The number of quaternary nitrogens is 3. The summed E-state index contributed by atoms with van der Waals surface area (Å²) in [5, 5.41) is 4.13. The highest BCUT2D eigenvalue weighted by molar-refractivity contribution is 5.79. The predicted octanol–water partition coefficient (Wildman–Crippen LogP) is 9.17. The summed E-state index contributed by atoms with van der Waals surface area (Å²) < 4.78 is 15.7. The highest BCUT2D eigenvalue weighted by Crippen LogP contribution is 2.25. The number of unbranched alkanes of at least 4 members (excludes halogenated alkanes) is 9. The van der Waals surface area contributed by atoms with Crippen molar-refractivity contribution in [1.82, 2.24) is 19.9 Å². The van der Waals surface area contributed by atoms with Gasteiger partial charge in [-0.3, -0.25) is 0 Å². The van der Waals surface area contributed by atoms with Crippen LogP contribution in [-0.4, -0.2) is 129 Å². The van der Waals surface area contributed by atoms with Crippen molar-refractivity contribution in [1.29, 1.82) is 0 Å². The molecule has 6 aromatic rings. The van der Waals surface area contributed by atoms with Crippen LogP contribution in [0.2, 0.25) is 0 Å². The molecule has 5 heterocycles. The Labute approximate surface area is 414 Å². The number of rotatable bonds is 27. The second kappa shape index (κ2) is 24.4. The van der Waals surface area contributed by atoms with Gasteiger partial charge in [-0.05, 0) is 102 Å². The van der Waals surface area contributed by atoms with E-state index in [4.69, 9.17) is 9.47 Å². The largest absolute Gasteiger partial charge is 0.494 e. The number of ether oxygens (including phenoxy) is 2. The number of benzene rings is 2. The van der Waals surface area contributed by atoms with Crippen molar-refractivity contribution in [3.63, 3.8) is 0 Å². The molecule has 0 amide bonds. The van der Waals surface area contributed by atoms with Crippen LogP contribution in [0.1, 0.15) is 124 Å². The van der Waals surface area contributed by atoms with Crippen molar-refractivity contribution < 1.29 is 22.9 Å². The molecule has 0 aliphatic carbocycles. The summed E-state index contributed by atoms with van der Waals surface area (Å²) in [6, 6.07) is 34.5. The number of aromatic amines is 4. The van der Waals surface area contributed by atoms with Gasteiger partial charge in [0.15, 0.2) is 0 Å². The van der Waals surface area contributed by atoms with Crippen LogP contribution in [0.25, 0.3) is 23.3 Å². The fourth-order valence-corrected chi connectivity index (χ4v) is 9.84. The molecule has 0 saturated carbocycles. The molecule has 0 saturated heterocycles. The number of aromatic nitrogens is 4. The minimum atomic E-state index is 0.705. The number of H-pyrrole nitrogens is 4. The summed E-state index contributed by atoms with van der Waals surface area (Å²) >= 11 is 0. The summed E-state index contributed by atoms with van der Waals surface area (Å²) in [6.45, 7) is 9.71. The second-order valence-corrected chi connectivity index (χ2v) is 22.1. The van der Waals surface area contributed by atoms with Crippen molar-refractivity contribution in [3.8, 4) is 11.5 Å². The van der Waals surface area contributed by atoms with E-state index in [9.17, 15) is 0 Å². The summed E-state index contributed by atoms with van der Waals surface area (Å²) in [7, 11) is 16.4. The van der Waals surface area contributed by atoms with Gasteiger partial charge in [0, 0.05) is 74.6 Å². The molecule has 9 heteroatoms. The first kappa shape index (κ1) is 51.4. The topological polar surface area (TPSA) is 81.6 Å². The maximum Gasteiger partial charge on any atom is 0.119 e. The predicted molar refractivity (Wildman–Crippen MR) is 288 cm³/mol. The maximum absolute atomic E-state index is 6.34. The lowest BCUT2D eigenvalue weighted by atomic mass is 10.0. The van der Waals surface area contributed by atoms with E-state index in [1.165, 1.54) is 96.8 Å². The van der Waals surface area contributed by atoms with E-state index in [1.54, 1.807) is 0 Å². The Bertz CT molecular complexity index is 2740. The summed E-state index contributed by atoms with van der Waals surface area (Å²) in [5.74, 6) is 1.82. The first-order chi connectivity index (χ1) is 33.2. The van der Waals surface area contributed by atoms with Crippen LogP contribution in [0.15, 0.2) is 97.1 Å². The van der Waals surface area contributed by atoms with Crippen molar-refractivity contribution in [2.24, 2.45) is 0 Å². The normalized spacial score (nSPS) is 13.1. The molecule has 4 aromatic heterocycles. The third-order valence-electron chi connectivity index (χ3n) is 13.9. The third kappa shape index (κ3) is 16.0. The van der Waals surface area contributed by atoms with Crippen molar-refractivity contribution >= 4 is 23.3 Å². The zero-order valence-corrected chi connectivity index (χ0v) is 43.7. The van der Waals surface area contributed by atoms with Crippen LogP contribution >= 0.6 is 0 Å². The molecule has 1 aliphatic rings. The molecule has 370 valence electrons. The quantitative estimate of drug-likeness (QED) is 0.0307. The minimum Gasteiger partial charge on any atom is -0.494 e. The highest BCUT2D eigenvalue weighted by Gasteiger charge is 2.21. The van der Waals surface area contributed by atoms with Crippen molar-refractivity contribution in [2.75, 3.05) is 95.3 Å². The molecule has 69 heavy (non-hydrogen) atoms. The Kier molecular flexibility index (Phi) is 18.2. The molecule has 0 unspecified atom stereocenters. The van der Waals surface area contributed by atoms with Gasteiger partial charge in [0.1, 0.15) is 11.5 Å². The van der Waals surface area contributed by atoms with Gasteiger partial charge in [-0.25, -0.2) is 0 Å². The zero-order valence-electron chi connectivity index (χ0n) is 43.7. The van der Waals surface area contributed by atoms with Gasteiger partial charge in [0.2, 0.25) is 0 Å². The van der Waals surface area contributed by atoms with Crippen molar-refractivity contribution in [2.45, 2.75) is 90.4 Å². The lowest BCUT2D eigenvalue weighted by molar-refractivity contribution is -0.914. The average molecular weight is 937 g/mol. The van der Waals surface area contributed by atoms with Crippen LogP contribution < -0.4 is 30.9 Å². The van der Waals surface area contributed by atoms with Gasteiger partial charge >= 0.3 is 0 Å². The van der Waals surface area contributed by atoms with E-state index in [0.717, 1.165) is 117 Å². The molecule has 2 aromatic carbocycles. The van der Waals surface area contributed by atoms with Gasteiger partial charge in [0.05, 0.1) is 95.3 Å². The molecule has 0 radical (unpaired) electrons. The number of hydrogen-bond acceptors (Lipinski definition) is 2. The van der Waals surface area contributed by atoms with Gasteiger partial charge < -0.3 is 42.9 Å². The Morgan fingerprint density at radius 2 is 0.783 bits per heavy atom. The lowest BCUT2D eigenvalue weighted by Gasteiger charge is -2.34. The summed E-state index contributed by atoms with van der Waals surface area (Å²) in [4.78, 5) is 14.9. The Balaban J connectivity index is 0.993. The van der Waals surface area contributed by atoms with E-state index in [2.05, 4.69) is 185 Å². The maximum atomic E-state index is 6.34. The molecule has 7 rings (SSSR count). The van der Waals surface area contributed by atoms with E-state index in [0.29, 0.717) is 6.61 Å². The lowest BCUT2D eigenvalue weighted by Crippen LogP contribution is -2.47. The SMILES string of the molecule is CCCCCCCCCCCCOc1ccc(C2=c3ccc([nH]3)=Cc3ccc([nH]3)C(c3ccc(OCCC[N+](C)(C)CCC[N+](C)(C)CCC[N+](C)(C)C)cc3)=c3ccc([nH]3)=Cc3ccc2[nH]3)cc1. The smallest absolute Gasteiger partial charge is 0.119 e. The highest BCUT2D eigenvalue weighted by atomic mass is 16.5. The number of nitrogens with one attached hydrogen (secondary N) is 4. The van der Waals surface area contributed by atoms with Crippen LogP contribution in [0, 0.1) is 0 Å². The number of hydrogen-bond donors (Lipinski definition) is 4. The summed E-state index contributed by atoms with van der Waals surface area (Å²) in [5.41, 5.74) is 8.58. The van der Waals surface area contributed by atoms with Gasteiger partial charge in [-0.2, -0.15) is 0 Å². The molecule has 0 spiro atoms. The summed E-state index contributed by atoms with van der Waals surface area (Å²) in [6.07, 6.45) is 21.1. The first-order valence-electron chi connectivity index (χ1n) is 26.3. The van der Waals surface area contributed by atoms with Gasteiger partial charge in [-0.15, -0.1) is 0 Å². The minimum absolute atomic E-state index is 0.705. The molecule has 0 atom stereocenters. The van der Waals surface area contributed by atoms with E-state index in [-0.39, 0.29) is 0 Å². The number of fused-ring (bicyclic) bond motifs is 8. The average Bonchev–Trinajstić information content (AvgIpc) is 4.15. The Morgan fingerprint density at radius 3 is 1.23 bits per heavy atom. The second-order valence-electron chi connectivity index (χ2n) is 22.1. The third-order valence-corrected chi connectivity index (χ3v) is 13.9. The molecule has 4 N–H and O–H groups in total. The van der Waals surface area contributed by atoms with Crippen LogP contribution in [0.4, 0.5) is 0 Å². The first-order valence-corrected chi connectivity index (χ1v) is 26.3. The fourth-order valence-electron chi connectivity index (χ4n) is 9.84. The monoisotopic (exact) mass is 937 g/mol. The van der Waals surface area contributed by atoms with E-state index in [1.807, 2.05) is 0 Å². The Hall–Kier alpha value is -5.48. The van der Waals surface area contributed by atoms with Gasteiger partial charge in [0.25, 0.3) is 0 Å². The van der Waals surface area contributed by atoms with Crippen molar-refractivity contribution in [3.05, 3.63) is 152 Å². The molecular weight excluding hydrogens is 851 g/mol. The molecular formula is C60H86N7O2+3. The molecule has 1 aliphatic heterocycles. The molecule has 9 nitrogen and oxygen atoms in total. The Morgan fingerprint density at radius 1 is 0.377 bits per heavy atom. The van der Waals surface area contributed by atoms with E-state index < -0.39 is 0 Å². The number of nitrogens with zero attached hydrogens (tertiary/aromatic N) is 3. The zero-order chi connectivity index (χ0) is 48.7. The van der Waals surface area contributed by atoms with E-state index >= 15 is 0 Å².